The van der Waals surface area contributed by atoms with Crippen molar-refractivity contribution in [3.63, 3.8) is 0 Å². The molecule has 0 aromatic carbocycles. The number of rotatable bonds is 3. The lowest BCUT2D eigenvalue weighted by Gasteiger charge is -2.32. The lowest BCUT2D eigenvalue weighted by atomic mass is 9.78. The molecule has 15 heavy (non-hydrogen) atoms. The van der Waals surface area contributed by atoms with Crippen LogP contribution in [0.15, 0.2) is 0 Å². The molecule has 0 aliphatic carbocycles. The molecule has 1 atom stereocenters. The smallest absolute Gasteiger partial charge is 0.00462 e. The molecule has 2 rings (SSSR count). The largest absolute Gasteiger partial charge is 0.317 e. The van der Waals surface area contributed by atoms with Gasteiger partial charge in [0.2, 0.25) is 0 Å². The Morgan fingerprint density at radius 1 is 0.933 bits per heavy atom. The molecule has 0 aromatic rings. The molecule has 88 valence electrons. The summed E-state index contributed by atoms with van der Waals surface area (Å²) in [6.45, 7) is 7.49. The van der Waals surface area contributed by atoms with Crippen LogP contribution in [0.1, 0.15) is 39.0 Å². The van der Waals surface area contributed by atoms with Gasteiger partial charge in [-0.15, -0.1) is 0 Å². The summed E-state index contributed by atoms with van der Waals surface area (Å²) in [4.78, 5) is 0. The fourth-order valence-corrected chi connectivity index (χ4v) is 3.25. The number of piperidine rings is 2. The van der Waals surface area contributed by atoms with E-state index in [0.29, 0.717) is 0 Å². The minimum atomic E-state index is 0.954. The van der Waals surface area contributed by atoms with Gasteiger partial charge >= 0.3 is 0 Å². The predicted molar refractivity (Wildman–Crippen MR) is 65.0 cm³/mol. The fourth-order valence-electron chi connectivity index (χ4n) is 3.25. The van der Waals surface area contributed by atoms with Gasteiger partial charge in [-0.3, -0.25) is 0 Å². The van der Waals surface area contributed by atoms with Gasteiger partial charge < -0.3 is 10.6 Å². The van der Waals surface area contributed by atoms with E-state index in [0.717, 1.165) is 17.8 Å². The van der Waals surface area contributed by atoms with E-state index in [1.54, 1.807) is 0 Å². The molecule has 2 aliphatic heterocycles. The molecule has 0 radical (unpaired) electrons. The van der Waals surface area contributed by atoms with E-state index in [2.05, 4.69) is 17.6 Å². The van der Waals surface area contributed by atoms with Crippen LogP contribution in [0.2, 0.25) is 0 Å². The fraction of sp³-hybridized carbons (Fsp3) is 1.00. The molecular formula is C13H26N2. The molecule has 2 heterocycles. The van der Waals surface area contributed by atoms with Crippen LogP contribution in [-0.4, -0.2) is 26.2 Å². The maximum absolute atomic E-state index is 3.46. The minimum Gasteiger partial charge on any atom is -0.317 e. The minimum absolute atomic E-state index is 0.954. The van der Waals surface area contributed by atoms with Gasteiger partial charge in [-0.2, -0.15) is 0 Å². The summed E-state index contributed by atoms with van der Waals surface area (Å²) >= 11 is 0. The monoisotopic (exact) mass is 210 g/mol. The van der Waals surface area contributed by atoms with Crippen molar-refractivity contribution in [1.82, 2.24) is 10.6 Å². The highest BCUT2D eigenvalue weighted by Gasteiger charge is 2.23. The molecule has 0 bridgehead atoms. The maximum Gasteiger partial charge on any atom is -0.00462 e. The Balaban J connectivity index is 1.72. The summed E-state index contributed by atoms with van der Waals surface area (Å²) in [6.07, 6.45) is 7.12. The predicted octanol–water partition coefficient (Wildman–Crippen LogP) is 2.01. The molecule has 2 fully saturated rings. The highest BCUT2D eigenvalue weighted by atomic mass is 14.9. The molecule has 1 unspecified atom stereocenters. The second-order valence-electron chi connectivity index (χ2n) is 5.49. The first-order valence-corrected chi connectivity index (χ1v) is 6.77. The zero-order valence-corrected chi connectivity index (χ0v) is 10.1. The molecule has 0 saturated carbocycles. The van der Waals surface area contributed by atoms with Crippen LogP contribution in [0.3, 0.4) is 0 Å². The second-order valence-corrected chi connectivity index (χ2v) is 5.49. The van der Waals surface area contributed by atoms with Crippen LogP contribution in [-0.2, 0) is 0 Å². The number of hydrogen-bond donors (Lipinski definition) is 2. The summed E-state index contributed by atoms with van der Waals surface area (Å²) in [7, 11) is 0. The Labute approximate surface area is 94.2 Å². The zero-order valence-electron chi connectivity index (χ0n) is 10.1. The first kappa shape index (κ1) is 11.4. The third-order valence-electron chi connectivity index (χ3n) is 4.35. The quantitative estimate of drug-likeness (QED) is 0.744. The molecule has 2 N–H and O–H groups in total. The van der Waals surface area contributed by atoms with E-state index >= 15 is 0 Å². The molecule has 0 aromatic heterocycles. The van der Waals surface area contributed by atoms with E-state index in [-0.39, 0.29) is 0 Å². The van der Waals surface area contributed by atoms with Gasteiger partial charge in [0.05, 0.1) is 0 Å². The SMILES string of the molecule is CC(CC1CCNCC1)C1CCNCC1. The Morgan fingerprint density at radius 2 is 1.47 bits per heavy atom. The van der Waals surface area contributed by atoms with E-state index in [1.165, 1.54) is 58.3 Å². The van der Waals surface area contributed by atoms with Crippen molar-refractivity contribution in [1.29, 1.82) is 0 Å². The Morgan fingerprint density at radius 3 is 2.07 bits per heavy atom. The van der Waals surface area contributed by atoms with Crippen LogP contribution in [0.4, 0.5) is 0 Å². The van der Waals surface area contributed by atoms with Crippen molar-refractivity contribution in [3.8, 4) is 0 Å². The first-order valence-electron chi connectivity index (χ1n) is 6.77. The molecule has 2 heteroatoms. The maximum atomic E-state index is 3.46. The third-order valence-corrected chi connectivity index (χ3v) is 4.35. The van der Waals surface area contributed by atoms with E-state index in [9.17, 15) is 0 Å². The van der Waals surface area contributed by atoms with Crippen molar-refractivity contribution >= 4 is 0 Å². The molecule has 0 amide bonds. The van der Waals surface area contributed by atoms with Crippen LogP contribution in [0.5, 0.6) is 0 Å². The van der Waals surface area contributed by atoms with Gasteiger partial charge in [-0.05, 0) is 76.0 Å². The zero-order chi connectivity index (χ0) is 10.5. The molecule has 2 saturated heterocycles. The summed E-state index contributed by atoms with van der Waals surface area (Å²) in [5.41, 5.74) is 0. The first-order chi connectivity index (χ1) is 7.36. The van der Waals surface area contributed by atoms with Gasteiger partial charge in [0.1, 0.15) is 0 Å². The Kier molecular flexibility index (Phi) is 4.45. The lowest BCUT2D eigenvalue weighted by molar-refractivity contribution is 0.214. The van der Waals surface area contributed by atoms with E-state index in [1.807, 2.05) is 0 Å². The highest BCUT2D eigenvalue weighted by molar-refractivity contribution is 4.77. The second kappa shape index (κ2) is 5.86. The van der Waals surface area contributed by atoms with Crippen molar-refractivity contribution in [2.75, 3.05) is 26.2 Å². The van der Waals surface area contributed by atoms with Gasteiger partial charge in [-0.1, -0.05) is 6.92 Å². The average Bonchev–Trinajstić information content (AvgIpc) is 2.31. The molecule has 2 aliphatic rings. The number of nitrogens with one attached hydrogen (secondary N) is 2. The van der Waals surface area contributed by atoms with Gasteiger partial charge in [0, 0.05) is 0 Å². The van der Waals surface area contributed by atoms with Crippen molar-refractivity contribution < 1.29 is 0 Å². The van der Waals surface area contributed by atoms with Crippen molar-refractivity contribution in [2.45, 2.75) is 39.0 Å². The Hall–Kier alpha value is -0.0800. The molecule has 0 spiro atoms. The highest BCUT2D eigenvalue weighted by Crippen LogP contribution is 2.30. The van der Waals surface area contributed by atoms with Crippen LogP contribution in [0, 0.1) is 17.8 Å². The van der Waals surface area contributed by atoms with Gasteiger partial charge in [-0.25, -0.2) is 0 Å². The summed E-state index contributed by atoms with van der Waals surface area (Å²) in [5, 5.41) is 6.92. The summed E-state index contributed by atoms with van der Waals surface area (Å²) in [5.74, 6) is 2.97. The molecule has 2 nitrogen and oxygen atoms in total. The van der Waals surface area contributed by atoms with Gasteiger partial charge in [0.25, 0.3) is 0 Å². The van der Waals surface area contributed by atoms with E-state index in [4.69, 9.17) is 0 Å². The topological polar surface area (TPSA) is 24.1 Å². The Bertz CT molecular complexity index is 169. The standard InChI is InChI=1S/C13H26N2/c1-11(13-4-8-15-9-5-13)10-12-2-6-14-7-3-12/h11-15H,2-10H2,1H3. The van der Waals surface area contributed by atoms with Crippen LogP contribution >= 0.6 is 0 Å². The number of hydrogen-bond acceptors (Lipinski definition) is 2. The molecular weight excluding hydrogens is 184 g/mol. The summed E-state index contributed by atoms with van der Waals surface area (Å²) in [6, 6.07) is 0. The summed E-state index contributed by atoms with van der Waals surface area (Å²) < 4.78 is 0. The third kappa shape index (κ3) is 3.46. The normalized spacial score (nSPS) is 27.8. The van der Waals surface area contributed by atoms with Crippen LogP contribution < -0.4 is 10.6 Å². The average molecular weight is 210 g/mol. The van der Waals surface area contributed by atoms with Crippen molar-refractivity contribution in [3.05, 3.63) is 0 Å². The van der Waals surface area contributed by atoms with Crippen LogP contribution in [0.25, 0.3) is 0 Å². The van der Waals surface area contributed by atoms with Crippen molar-refractivity contribution in [2.24, 2.45) is 17.8 Å². The van der Waals surface area contributed by atoms with E-state index < -0.39 is 0 Å². The lowest BCUT2D eigenvalue weighted by Crippen LogP contribution is -2.33. The van der Waals surface area contributed by atoms with Gasteiger partial charge in [0.15, 0.2) is 0 Å².